The number of allylic oxidation sites excluding steroid dienone is 1. The molecule has 2 atom stereocenters. The maximum atomic E-state index is 13.6. The molecule has 0 radical (unpaired) electrons. The van der Waals surface area contributed by atoms with Gasteiger partial charge in [0.15, 0.2) is 0 Å². The molecule has 1 aliphatic heterocycles. The Morgan fingerprint density at radius 1 is 1.16 bits per heavy atom. The zero-order chi connectivity index (χ0) is 22.6. The molecule has 0 fully saturated rings. The molecule has 2 aromatic carbocycles. The second-order valence-electron chi connectivity index (χ2n) is 8.10. The number of nitriles is 2. The van der Waals surface area contributed by atoms with Crippen LogP contribution in [0.25, 0.3) is 5.57 Å². The predicted molar refractivity (Wildman–Crippen MR) is 117 cm³/mol. The summed E-state index contributed by atoms with van der Waals surface area (Å²) in [5.74, 6) is -0.266. The minimum Gasteiger partial charge on any atom is -0.444 e. The molecule has 7 heteroatoms. The van der Waals surface area contributed by atoms with Gasteiger partial charge in [0, 0.05) is 16.6 Å². The number of amides is 1. The third-order valence-electron chi connectivity index (χ3n) is 4.76. The number of nitrogens with zero attached hydrogens (tertiary/aromatic N) is 2. The minimum atomic E-state index is -0.700. The number of carbonyl (C=O) groups is 1. The number of nitrogens with one attached hydrogen (secondary N) is 1. The largest absolute Gasteiger partial charge is 0.444 e. The molecule has 158 valence electrons. The van der Waals surface area contributed by atoms with E-state index in [0.717, 1.165) is 10.5 Å². The van der Waals surface area contributed by atoms with Crippen LogP contribution in [0.1, 0.15) is 37.9 Å². The maximum absolute atomic E-state index is 13.6. The number of carbonyl (C=O) groups excluding carboxylic acids is 1. The van der Waals surface area contributed by atoms with E-state index in [0.29, 0.717) is 16.9 Å². The number of alkyl carbamates (subject to hydrolysis) is 1. The molecule has 31 heavy (non-hydrogen) atoms. The van der Waals surface area contributed by atoms with Crippen LogP contribution >= 0.6 is 11.8 Å². The number of rotatable bonds is 3. The van der Waals surface area contributed by atoms with Gasteiger partial charge in [0.05, 0.1) is 6.04 Å². The average Bonchev–Trinajstić information content (AvgIpc) is 2.72. The van der Waals surface area contributed by atoms with E-state index in [2.05, 4.69) is 5.32 Å². The molecule has 0 spiro atoms. The molecular formula is C24H22FN3O2S. The van der Waals surface area contributed by atoms with E-state index in [9.17, 15) is 19.7 Å². The molecule has 2 aromatic rings. The highest BCUT2D eigenvalue weighted by Crippen LogP contribution is 2.46. The van der Waals surface area contributed by atoms with Crippen molar-refractivity contribution in [3.63, 3.8) is 0 Å². The van der Waals surface area contributed by atoms with E-state index in [1.165, 1.54) is 12.1 Å². The first kappa shape index (κ1) is 22.4. The van der Waals surface area contributed by atoms with Crippen LogP contribution in [0.15, 0.2) is 59.0 Å². The van der Waals surface area contributed by atoms with Gasteiger partial charge in [-0.3, -0.25) is 0 Å². The summed E-state index contributed by atoms with van der Waals surface area (Å²) in [4.78, 5) is 13.6. The maximum Gasteiger partial charge on any atom is 0.408 e. The average molecular weight is 436 g/mol. The van der Waals surface area contributed by atoms with E-state index in [1.54, 1.807) is 44.7 Å². The van der Waals surface area contributed by atoms with Crippen LogP contribution in [0.5, 0.6) is 0 Å². The Morgan fingerprint density at radius 3 is 2.42 bits per heavy atom. The zero-order valence-electron chi connectivity index (χ0n) is 17.5. The molecule has 0 aromatic heterocycles. The molecule has 0 aliphatic carbocycles. The van der Waals surface area contributed by atoms with Crippen molar-refractivity contribution in [1.29, 1.82) is 10.5 Å². The van der Waals surface area contributed by atoms with Gasteiger partial charge in [0.2, 0.25) is 0 Å². The van der Waals surface area contributed by atoms with Crippen molar-refractivity contribution in [2.24, 2.45) is 5.92 Å². The van der Waals surface area contributed by atoms with E-state index < -0.39 is 29.5 Å². The smallest absolute Gasteiger partial charge is 0.408 e. The second-order valence-corrected chi connectivity index (χ2v) is 9.16. The van der Waals surface area contributed by atoms with Crippen molar-refractivity contribution in [3.05, 3.63) is 71.0 Å². The van der Waals surface area contributed by atoms with E-state index in [4.69, 9.17) is 4.74 Å². The summed E-state index contributed by atoms with van der Waals surface area (Å²) in [7, 11) is 0. The SMILES string of the molecule is CC(C)(C)OC(=O)N[C@@H](c1ccc(F)cc1)[C@H]1CSc2ccccc2C1=C(C#N)C#N. The van der Waals surface area contributed by atoms with Gasteiger partial charge in [0.1, 0.15) is 29.1 Å². The van der Waals surface area contributed by atoms with Crippen LogP contribution in [-0.2, 0) is 4.74 Å². The third kappa shape index (κ3) is 5.25. The summed E-state index contributed by atoms with van der Waals surface area (Å²) in [6, 6.07) is 16.8. The quantitative estimate of drug-likeness (QED) is 0.633. The first-order chi connectivity index (χ1) is 14.7. The Hall–Kier alpha value is -3.29. The molecule has 1 N–H and O–H groups in total. The molecule has 1 heterocycles. The summed E-state index contributed by atoms with van der Waals surface area (Å²) < 4.78 is 19.0. The van der Waals surface area contributed by atoms with E-state index >= 15 is 0 Å². The zero-order valence-corrected chi connectivity index (χ0v) is 18.3. The summed E-state index contributed by atoms with van der Waals surface area (Å²) in [5.41, 5.74) is 1.32. The van der Waals surface area contributed by atoms with Crippen LogP contribution in [0.2, 0.25) is 0 Å². The fraction of sp³-hybridized carbons (Fsp3) is 0.292. The normalized spacial score (nSPS) is 16.3. The van der Waals surface area contributed by atoms with E-state index in [-0.39, 0.29) is 5.57 Å². The Morgan fingerprint density at radius 2 is 1.81 bits per heavy atom. The number of ether oxygens (including phenoxy) is 1. The Labute approximate surface area is 185 Å². The fourth-order valence-corrected chi connectivity index (χ4v) is 4.75. The molecule has 3 rings (SSSR count). The van der Waals surface area contributed by atoms with Gasteiger partial charge >= 0.3 is 6.09 Å². The molecule has 0 saturated heterocycles. The lowest BCUT2D eigenvalue weighted by atomic mass is 9.82. The fourth-order valence-electron chi connectivity index (χ4n) is 3.53. The van der Waals surface area contributed by atoms with Gasteiger partial charge in [-0.15, -0.1) is 11.8 Å². The highest BCUT2D eigenvalue weighted by atomic mass is 32.2. The van der Waals surface area contributed by atoms with Gasteiger partial charge in [-0.25, -0.2) is 9.18 Å². The number of hydrogen-bond acceptors (Lipinski definition) is 5. The van der Waals surface area contributed by atoms with Crippen molar-refractivity contribution in [2.45, 2.75) is 37.3 Å². The van der Waals surface area contributed by atoms with Crippen molar-refractivity contribution in [3.8, 4) is 12.1 Å². The molecule has 0 saturated carbocycles. The standard InChI is InChI=1S/C24H22FN3O2S/c1-24(2,3)30-23(29)28-22(15-8-10-17(25)11-9-15)19-14-31-20-7-5-4-6-18(20)21(19)16(12-26)13-27/h4-11,19,22H,14H2,1-3H3,(H,28,29)/t19-,22-/m0/s1. The molecule has 1 amide bonds. The Bertz CT molecular complexity index is 1080. The van der Waals surface area contributed by atoms with Crippen LogP contribution in [-0.4, -0.2) is 17.4 Å². The van der Waals surface area contributed by atoms with Crippen molar-refractivity contribution < 1.29 is 13.9 Å². The number of halogens is 1. The predicted octanol–water partition coefficient (Wildman–Crippen LogP) is 5.61. The van der Waals surface area contributed by atoms with Gasteiger partial charge < -0.3 is 10.1 Å². The molecular weight excluding hydrogens is 413 g/mol. The number of benzene rings is 2. The Balaban J connectivity index is 2.12. The van der Waals surface area contributed by atoms with E-state index in [1.807, 2.05) is 36.4 Å². The van der Waals surface area contributed by atoms with Crippen LogP contribution in [0.4, 0.5) is 9.18 Å². The third-order valence-corrected chi connectivity index (χ3v) is 5.96. The van der Waals surface area contributed by atoms with Crippen molar-refractivity contribution in [1.82, 2.24) is 5.32 Å². The first-order valence-corrected chi connectivity index (χ1v) is 10.7. The minimum absolute atomic E-state index is 0.00384. The van der Waals surface area contributed by atoms with Crippen LogP contribution in [0, 0.1) is 34.4 Å². The lowest BCUT2D eigenvalue weighted by molar-refractivity contribution is 0.0495. The molecule has 5 nitrogen and oxygen atoms in total. The monoisotopic (exact) mass is 435 g/mol. The molecule has 0 unspecified atom stereocenters. The summed E-state index contributed by atoms with van der Waals surface area (Å²) >= 11 is 1.59. The van der Waals surface area contributed by atoms with Crippen molar-refractivity contribution in [2.75, 3.05) is 5.75 Å². The number of thioether (sulfide) groups is 1. The number of hydrogen-bond donors (Lipinski definition) is 1. The van der Waals surface area contributed by atoms with Gasteiger partial charge in [0.25, 0.3) is 0 Å². The summed E-state index contributed by atoms with van der Waals surface area (Å²) in [5, 5.41) is 22.2. The first-order valence-electron chi connectivity index (χ1n) is 9.75. The Kier molecular flexibility index (Phi) is 6.68. The van der Waals surface area contributed by atoms with Crippen LogP contribution in [0.3, 0.4) is 0 Å². The highest BCUT2D eigenvalue weighted by Gasteiger charge is 2.36. The van der Waals surface area contributed by atoms with Gasteiger partial charge in [-0.2, -0.15) is 10.5 Å². The lowest BCUT2D eigenvalue weighted by Crippen LogP contribution is -2.39. The molecule has 1 aliphatic rings. The van der Waals surface area contributed by atoms with Crippen molar-refractivity contribution >= 4 is 23.4 Å². The van der Waals surface area contributed by atoms with Gasteiger partial charge in [-0.1, -0.05) is 30.3 Å². The number of fused-ring (bicyclic) bond motifs is 1. The highest BCUT2D eigenvalue weighted by molar-refractivity contribution is 7.99. The summed E-state index contributed by atoms with van der Waals surface area (Å²) in [6.07, 6.45) is -0.625. The summed E-state index contributed by atoms with van der Waals surface area (Å²) in [6.45, 7) is 5.29. The second kappa shape index (κ2) is 9.24. The van der Waals surface area contributed by atoms with Gasteiger partial charge in [-0.05, 0) is 55.7 Å². The topological polar surface area (TPSA) is 85.9 Å². The lowest BCUT2D eigenvalue weighted by Gasteiger charge is -2.35. The van der Waals surface area contributed by atoms with Crippen LogP contribution < -0.4 is 5.32 Å². The molecule has 0 bridgehead atoms.